The van der Waals surface area contributed by atoms with Crippen LogP contribution in [0.1, 0.15) is 41.9 Å². The van der Waals surface area contributed by atoms with Gasteiger partial charge in [0.2, 0.25) is 5.82 Å². The van der Waals surface area contributed by atoms with Crippen molar-refractivity contribution in [3.8, 4) is 11.4 Å². The van der Waals surface area contributed by atoms with Gasteiger partial charge >= 0.3 is 0 Å². The van der Waals surface area contributed by atoms with Crippen molar-refractivity contribution >= 4 is 5.91 Å². The number of rotatable bonds is 4. The van der Waals surface area contributed by atoms with Crippen molar-refractivity contribution in [2.75, 3.05) is 13.1 Å². The summed E-state index contributed by atoms with van der Waals surface area (Å²) in [6, 6.07) is 7.42. The zero-order valence-corrected chi connectivity index (χ0v) is 15.6. The number of benzene rings is 1. The standard InChI is InChI=1S/C19H23N7O/c1-3-25-12-10-20-18(25)16-5-4-11-26(13-16)19(27)15-8-6-14(7-9-15)17-21-23-24(2)22-17/h6-10,12,16H,3-5,11,13H2,1-2H3. The second kappa shape index (κ2) is 7.30. The van der Waals surface area contributed by atoms with Crippen LogP contribution in [0.4, 0.5) is 0 Å². The van der Waals surface area contributed by atoms with Crippen molar-refractivity contribution in [3.63, 3.8) is 0 Å². The predicted molar refractivity (Wildman–Crippen MR) is 100 cm³/mol. The zero-order chi connectivity index (χ0) is 18.8. The third-order valence-electron chi connectivity index (χ3n) is 5.06. The first-order valence-corrected chi connectivity index (χ1v) is 9.30. The smallest absolute Gasteiger partial charge is 0.253 e. The second-order valence-corrected chi connectivity index (χ2v) is 6.84. The van der Waals surface area contributed by atoms with Crippen molar-refractivity contribution < 1.29 is 4.79 Å². The fourth-order valence-corrected chi connectivity index (χ4v) is 3.66. The normalized spacial score (nSPS) is 17.3. The van der Waals surface area contributed by atoms with Crippen LogP contribution in [0, 0.1) is 0 Å². The Hall–Kier alpha value is -3.03. The Morgan fingerprint density at radius 1 is 1.26 bits per heavy atom. The minimum Gasteiger partial charge on any atom is -0.338 e. The van der Waals surface area contributed by atoms with Gasteiger partial charge in [0.05, 0.1) is 7.05 Å². The average molecular weight is 365 g/mol. The molecule has 1 unspecified atom stereocenters. The molecule has 1 aliphatic rings. The minimum atomic E-state index is 0.0629. The van der Waals surface area contributed by atoms with Crippen LogP contribution in [0.2, 0.25) is 0 Å². The maximum atomic E-state index is 13.0. The summed E-state index contributed by atoms with van der Waals surface area (Å²) in [5.41, 5.74) is 1.53. The van der Waals surface area contributed by atoms with Crippen LogP contribution in [0.5, 0.6) is 0 Å². The van der Waals surface area contributed by atoms with Crippen LogP contribution in [0.25, 0.3) is 11.4 Å². The molecule has 1 amide bonds. The summed E-state index contributed by atoms with van der Waals surface area (Å²) in [6.07, 6.45) is 5.92. The highest BCUT2D eigenvalue weighted by molar-refractivity contribution is 5.94. The summed E-state index contributed by atoms with van der Waals surface area (Å²) in [7, 11) is 1.73. The van der Waals surface area contributed by atoms with E-state index >= 15 is 0 Å². The van der Waals surface area contributed by atoms with Crippen molar-refractivity contribution in [1.29, 1.82) is 0 Å². The highest BCUT2D eigenvalue weighted by atomic mass is 16.2. The molecule has 1 saturated heterocycles. The maximum absolute atomic E-state index is 13.0. The first kappa shape index (κ1) is 17.4. The summed E-state index contributed by atoms with van der Waals surface area (Å²) in [6.45, 7) is 4.51. The number of aromatic nitrogens is 6. The SMILES string of the molecule is CCn1ccnc1C1CCCN(C(=O)c2ccc(-c3nnn(C)n3)cc2)C1. The van der Waals surface area contributed by atoms with Crippen LogP contribution in [-0.2, 0) is 13.6 Å². The Morgan fingerprint density at radius 3 is 2.78 bits per heavy atom. The molecule has 1 fully saturated rings. The van der Waals surface area contributed by atoms with E-state index in [1.165, 1.54) is 4.80 Å². The number of hydrogen-bond donors (Lipinski definition) is 0. The topological polar surface area (TPSA) is 81.7 Å². The summed E-state index contributed by atoms with van der Waals surface area (Å²) in [4.78, 5) is 20.9. The lowest BCUT2D eigenvalue weighted by Gasteiger charge is -2.32. The molecule has 0 aliphatic carbocycles. The lowest BCUT2D eigenvalue weighted by molar-refractivity contribution is 0.0703. The molecule has 0 N–H and O–H groups in total. The number of imidazole rings is 1. The Labute approximate surface area is 157 Å². The molecule has 1 aliphatic heterocycles. The van der Waals surface area contributed by atoms with Gasteiger partial charge in [0.25, 0.3) is 5.91 Å². The monoisotopic (exact) mass is 365 g/mol. The summed E-state index contributed by atoms with van der Waals surface area (Å²) < 4.78 is 2.17. The number of nitrogens with zero attached hydrogens (tertiary/aromatic N) is 7. The highest BCUT2D eigenvalue weighted by Gasteiger charge is 2.27. The number of likely N-dealkylation sites (tertiary alicyclic amines) is 1. The van der Waals surface area contributed by atoms with Crippen molar-refractivity contribution in [2.24, 2.45) is 7.05 Å². The summed E-state index contributed by atoms with van der Waals surface area (Å²) in [5, 5.41) is 12.0. The molecule has 1 atom stereocenters. The highest BCUT2D eigenvalue weighted by Crippen LogP contribution is 2.27. The molecule has 2 aromatic heterocycles. The van der Waals surface area contributed by atoms with E-state index in [-0.39, 0.29) is 5.91 Å². The van der Waals surface area contributed by atoms with Crippen molar-refractivity contribution in [3.05, 3.63) is 48.0 Å². The predicted octanol–water partition coefficient (Wildman–Crippen LogP) is 2.11. The van der Waals surface area contributed by atoms with Crippen molar-refractivity contribution in [2.45, 2.75) is 32.2 Å². The molecule has 8 heteroatoms. The van der Waals surface area contributed by atoms with Gasteiger partial charge in [-0.2, -0.15) is 4.80 Å². The van der Waals surface area contributed by atoms with E-state index in [1.54, 1.807) is 7.05 Å². The van der Waals surface area contributed by atoms with E-state index in [9.17, 15) is 4.79 Å². The molecule has 4 rings (SSSR count). The molecule has 0 bridgehead atoms. The van der Waals surface area contributed by atoms with E-state index in [0.29, 0.717) is 23.9 Å². The fourth-order valence-electron chi connectivity index (χ4n) is 3.66. The van der Waals surface area contributed by atoms with Crippen LogP contribution < -0.4 is 0 Å². The van der Waals surface area contributed by atoms with E-state index in [2.05, 4.69) is 31.9 Å². The lowest BCUT2D eigenvalue weighted by atomic mass is 9.96. The third-order valence-corrected chi connectivity index (χ3v) is 5.06. The molecule has 0 saturated carbocycles. The molecule has 27 heavy (non-hydrogen) atoms. The Morgan fingerprint density at radius 2 is 2.07 bits per heavy atom. The molecule has 1 aromatic carbocycles. The van der Waals surface area contributed by atoms with Gasteiger partial charge in [0.1, 0.15) is 5.82 Å². The number of carbonyl (C=O) groups excluding carboxylic acids is 1. The van der Waals surface area contributed by atoms with Crippen LogP contribution in [0.15, 0.2) is 36.7 Å². The Bertz CT molecular complexity index is 928. The molecule has 0 radical (unpaired) electrons. The van der Waals surface area contributed by atoms with E-state index < -0.39 is 0 Å². The molecule has 140 valence electrons. The number of hydrogen-bond acceptors (Lipinski definition) is 5. The van der Waals surface area contributed by atoms with Gasteiger partial charge in [-0.15, -0.1) is 10.2 Å². The van der Waals surface area contributed by atoms with Gasteiger partial charge in [0.15, 0.2) is 0 Å². The number of piperidine rings is 1. The van der Waals surface area contributed by atoms with Gasteiger partial charge in [-0.1, -0.05) is 12.1 Å². The van der Waals surface area contributed by atoms with Crippen LogP contribution >= 0.6 is 0 Å². The third kappa shape index (κ3) is 3.47. The molecular formula is C19H23N7O. The lowest BCUT2D eigenvalue weighted by Crippen LogP contribution is -2.39. The van der Waals surface area contributed by atoms with Crippen molar-refractivity contribution in [1.82, 2.24) is 34.7 Å². The number of tetrazole rings is 1. The van der Waals surface area contributed by atoms with Gasteiger partial charge in [0, 0.05) is 49.1 Å². The first-order chi connectivity index (χ1) is 13.2. The quantitative estimate of drug-likeness (QED) is 0.707. The molecular weight excluding hydrogens is 342 g/mol. The number of aryl methyl sites for hydroxylation is 2. The average Bonchev–Trinajstić information content (AvgIpc) is 3.36. The first-order valence-electron chi connectivity index (χ1n) is 9.30. The summed E-state index contributed by atoms with van der Waals surface area (Å²) in [5.74, 6) is 1.99. The fraction of sp³-hybridized carbons (Fsp3) is 0.421. The van der Waals surface area contributed by atoms with Gasteiger partial charge < -0.3 is 9.47 Å². The van der Waals surface area contributed by atoms with E-state index in [0.717, 1.165) is 37.3 Å². The van der Waals surface area contributed by atoms with Gasteiger partial charge in [-0.3, -0.25) is 4.79 Å². The largest absolute Gasteiger partial charge is 0.338 e. The van der Waals surface area contributed by atoms with E-state index in [4.69, 9.17) is 0 Å². The Balaban J connectivity index is 1.49. The molecule has 8 nitrogen and oxygen atoms in total. The van der Waals surface area contributed by atoms with Gasteiger partial charge in [-0.05, 0) is 37.1 Å². The molecule has 3 heterocycles. The maximum Gasteiger partial charge on any atom is 0.253 e. The van der Waals surface area contributed by atoms with Crippen LogP contribution in [0.3, 0.4) is 0 Å². The molecule has 3 aromatic rings. The number of amides is 1. The minimum absolute atomic E-state index is 0.0629. The zero-order valence-electron chi connectivity index (χ0n) is 15.6. The van der Waals surface area contributed by atoms with Crippen LogP contribution in [-0.4, -0.2) is 53.7 Å². The van der Waals surface area contributed by atoms with E-state index in [1.807, 2.05) is 41.6 Å². The number of carbonyl (C=O) groups is 1. The Kier molecular flexibility index (Phi) is 4.70. The second-order valence-electron chi connectivity index (χ2n) is 6.84. The summed E-state index contributed by atoms with van der Waals surface area (Å²) >= 11 is 0. The molecule has 0 spiro atoms. The van der Waals surface area contributed by atoms with Gasteiger partial charge in [-0.25, -0.2) is 4.98 Å².